The zero-order valence-corrected chi connectivity index (χ0v) is 24.3. The van der Waals surface area contributed by atoms with E-state index in [0.717, 1.165) is 49.7 Å². The van der Waals surface area contributed by atoms with Gasteiger partial charge in [0.05, 0.1) is 12.2 Å². The maximum Gasteiger partial charge on any atom is 0.115 e. The Morgan fingerprint density at radius 1 is 0.769 bits per heavy atom. The zero-order chi connectivity index (χ0) is 27.4. The summed E-state index contributed by atoms with van der Waals surface area (Å²) >= 11 is 0. The number of aliphatic hydroxyl groups is 3. The maximum absolute atomic E-state index is 12.1. The summed E-state index contributed by atoms with van der Waals surface area (Å²) in [4.78, 5) is 0. The van der Waals surface area contributed by atoms with Crippen LogP contribution in [0.2, 0.25) is 0 Å². The first-order valence-electron chi connectivity index (χ1n) is 15.9. The summed E-state index contributed by atoms with van der Waals surface area (Å²) in [5.41, 5.74) is 1.48. The molecule has 0 saturated heterocycles. The predicted molar refractivity (Wildman–Crippen MR) is 157 cm³/mol. The molecule has 0 heterocycles. The second-order valence-corrected chi connectivity index (χ2v) is 14.6. The van der Waals surface area contributed by atoms with Gasteiger partial charge in [-0.05, 0) is 122 Å². The summed E-state index contributed by atoms with van der Waals surface area (Å²) in [6.07, 6.45) is 10.0. The van der Waals surface area contributed by atoms with Gasteiger partial charge in [0.2, 0.25) is 0 Å². The van der Waals surface area contributed by atoms with Gasteiger partial charge in [0, 0.05) is 0 Å². The first-order chi connectivity index (χ1) is 18.7. The first-order valence-corrected chi connectivity index (χ1v) is 15.9. The first kappa shape index (κ1) is 27.5. The molecule has 0 amide bonds. The highest BCUT2D eigenvalue weighted by Gasteiger charge is 2.62. The largest absolute Gasteiger partial charge is 0.393 e. The summed E-state index contributed by atoms with van der Waals surface area (Å²) in [5, 5.41) is 33.9. The van der Waals surface area contributed by atoms with Crippen molar-refractivity contribution in [2.24, 2.45) is 46.3 Å². The van der Waals surface area contributed by atoms with Gasteiger partial charge < -0.3 is 15.3 Å². The quantitative estimate of drug-likeness (QED) is 0.366. The van der Waals surface area contributed by atoms with E-state index in [0.29, 0.717) is 35.0 Å². The van der Waals surface area contributed by atoms with Crippen molar-refractivity contribution in [1.82, 2.24) is 0 Å². The van der Waals surface area contributed by atoms with Crippen molar-refractivity contribution < 1.29 is 15.3 Å². The molecule has 39 heavy (non-hydrogen) atoms. The van der Waals surface area contributed by atoms with E-state index in [-0.39, 0.29) is 23.5 Å². The van der Waals surface area contributed by atoms with Crippen LogP contribution in [-0.2, 0) is 5.60 Å². The minimum Gasteiger partial charge on any atom is -0.393 e. The Hall–Kier alpha value is -1.68. The molecule has 212 valence electrons. The highest BCUT2D eigenvalue weighted by molar-refractivity contribution is 5.35. The van der Waals surface area contributed by atoms with E-state index < -0.39 is 5.60 Å². The molecule has 2 aromatic carbocycles. The summed E-state index contributed by atoms with van der Waals surface area (Å²) in [6.45, 7) is 7.47. The Morgan fingerprint density at radius 3 is 2.00 bits per heavy atom. The Kier molecular flexibility index (Phi) is 7.26. The fraction of sp³-hybridized carbons (Fsp3) is 0.667. The van der Waals surface area contributed by atoms with E-state index in [4.69, 9.17) is 0 Å². The molecular formula is C36H50O3. The van der Waals surface area contributed by atoms with E-state index >= 15 is 0 Å². The minimum absolute atomic E-state index is 0.175. The lowest BCUT2D eigenvalue weighted by Crippen LogP contribution is -2.58. The topological polar surface area (TPSA) is 60.7 Å². The molecule has 10 atom stereocenters. The van der Waals surface area contributed by atoms with Crippen LogP contribution in [0.1, 0.15) is 96.1 Å². The predicted octanol–water partition coefficient (Wildman–Crippen LogP) is 7.33. The molecule has 0 spiro atoms. The van der Waals surface area contributed by atoms with Crippen LogP contribution in [0.3, 0.4) is 0 Å². The molecule has 0 bridgehead atoms. The lowest BCUT2D eigenvalue weighted by atomic mass is 9.43. The Labute approximate surface area is 236 Å². The van der Waals surface area contributed by atoms with Crippen molar-refractivity contribution in [1.29, 1.82) is 0 Å². The third-order valence-corrected chi connectivity index (χ3v) is 12.9. The van der Waals surface area contributed by atoms with E-state index in [1.165, 1.54) is 25.7 Å². The summed E-state index contributed by atoms with van der Waals surface area (Å²) in [6, 6.07) is 20.4. The van der Waals surface area contributed by atoms with Gasteiger partial charge in [-0.15, -0.1) is 0 Å². The molecule has 3 N–H and O–H groups in total. The smallest absolute Gasteiger partial charge is 0.115 e. The monoisotopic (exact) mass is 530 g/mol. The van der Waals surface area contributed by atoms with E-state index in [9.17, 15) is 15.3 Å². The SMILES string of the molecule is C[C@H](CCC(O)(c1ccccc1)c1ccccc1)[C@H]1CC[C@H]2[C@@H]3C[C@H](O)C4C[C@H](O)CC[C@]4(C)[C@H]3CC[C@]12C. The average molecular weight is 531 g/mol. The van der Waals surface area contributed by atoms with Crippen molar-refractivity contribution in [3.8, 4) is 0 Å². The molecule has 4 aliphatic rings. The molecule has 0 aromatic heterocycles. The molecule has 0 aliphatic heterocycles. The lowest BCUT2D eigenvalue weighted by Gasteiger charge is -2.62. The van der Waals surface area contributed by atoms with Crippen LogP contribution >= 0.6 is 0 Å². The minimum atomic E-state index is -0.976. The van der Waals surface area contributed by atoms with Crippen LogP contribution in [0.15, 0.2) is 60.7 Å². The number of rotatable bonds is 6. The molecule has 3 heteroatoms. The number of aliphatic hydroxyl groups excluding tert-OH is 2. The van der Waals surface area contributed by atoms with Crippen LogP contribution in [0.5, 0.6) is 0 Å². The maximum atomic E-state index is 12.1. The highest BCUT2D eigenvalue weighted by atomic mass is 16.3. The molecule has 2 aromatic rings. The van der Waals surface area contributed by atoms with E-state index in [1.807, 2.05) is 36.4 Å². The normalized spacial score (nSPS) is 40.8. The van der Waals surface area contributed by atoms with Gasteiger partial charge in [-0.3, -0.25) is 0 Å². The number of hydrogen-bond donors (Lipinski definition) is 3. The van der Waals surface area contributed by atoms with Crippen LogP contribution in [0, 0.1) is 46.3 Å². The van der Waals surface area contributed by atoms with Crippen molar-refractivity contribution in [2.45, 2.75) is 103 Å². The van der Waals surface area contributed by atoms with Gasteiger partial charge >= 0.3 is 0 Å². The van der Waals surface area contributed by atoms with Gasteiger partial charge in [0.25, 0.3) is 0 Å². The second kappa shape index (κ2) is 10.3. The van der Waals surface area contributed by atoms with Gasteiger partial charge in [-0.2, -0.15) is 0 Å². The number of fused-ring (bicyclic) bond motifs is 5. The molecular weight excluding hydrogens is 480 g/mol. The van der Waals surface area contributed by atoms with Crippen molar-refractivity contribution in [3.63, 3.8) is 0 Å². The van der Waals surface area contributed by atoms with Crippen LogP contribution in [0.25, 0.3) is 0 Å². The molecule has 4 fully saturated rings. The highest BCUT2D eigenvalue weighted by Crippen LogP contribution is 2.68. The molecule has 3 nitrogen and oxygen atoms in total. The fourth-order valence-electron chi connectivity index (χ4n) is 10.8. The van der Waals surface area contributed by atoms with Crippen molar-refractivity contribution in [2.75, 3.05) is 0 Å². The molecule has 4 aliphatic carbocycles. The summed E-state index contributed by atoms with van der Waals surface area (Å²) in [5.74, 6) is 3.44. The van der Waals surface area contributed by atoms with Crippen LogP contribution in [0.4, 0.5) is 0 Å². The average Bonchev–Trinajstić information content (AvgIpc) is 3.31. The van der Waals surface area contributed by atoms with Gasteiger partial charge in [0.15, 0.2) is 0 Å². The fourth-order valence-corrected chi connectivity index (χ4v) is 10.8. The summed E-state index contributed by atoms with van der Waals surface area (Å²) in [7, 11) is 0. The Bertz CT molecular complexity index is 1080. The number of benzene rings is 2. The molecule has 0 radical (unpaired) electrons. The van der Waals surface area contributed by atoms with Gasteiger partial charge in [-0.1, -0.05) is 81.4 Å². The Balaban J connectivity index is 1.20. The second-order valence-electron chi connectivity index (χ2n) is 14.6. The molecule has 1 unspecified atom stereocenters. The zero-order valence-electron chi connectivity index (χ0n) is 24.3. The molecule has 4 saturated carbocycles. The third kappa shape index (κ3) is 4.52. The van der Waals surface area contributed by atoms with Crippen LogP contribution < -0.4 is 0 Å². The van der Waals surface area contributed by atoms with Crippen molar-refractivity contribution >= 4 is 0 Å². The van der Waals surface area contributed by atoms with Gasteiger partial charge in [0.1, 0.15) is 5.60 Å². The molecule has 6 rings (SSSR count). The summed E-state index contributed by atoms with van der Waals surface area (Å²) < 4.78 is 0. The number of hydrogen-bond acceptors (Lipinski definition) is 3. The van der Waals surface area contributed by atoms with Crippen molar-refractivity contribution in [3.05, 3.63) is 71.8 Å². The Morgan fingerprint density at radius 2 is 1.36 bits per heavy atom. The van der Waals surface area contributed by atoms with E-state index in [2.05, 4.69) is 45.0 Å². The van der Waals surface area contributed by atoms with Crippen LogP contribution in [-0.4, -0.2) is 27.5 Å². The third-order valence-electron chi connectivity index (χ3n) is 12.9. The van der Waals surface area contributed by atoms with Gasteiger partial charge in [-0.25, -0.2) is 0 Å². The van der Waals surface area contributed by atoms with E-state index in [1.54, 1.807) is 0 Å². The standard InChI is InChI=1S/C36H50O3/c1-24(16-21-36(39,25-10-6-4-7-11-25)26-12-8-5-9-13-26)29-14-15-30-28-23-33(38)32-22-27(37)17-19-35(32,3)31(28)18-20-34(29,30)2/h4-13,24,27-33,37-39H,14-23H2,1-3H3/t24-,27-,28+,29-,30+,31+,32?,33+,34-,35-/m1/s1. The lowest BCUT2D eigenvalue weighted by molar-refractivity contribution is -0.172.